The SMILES string of the molecule is CCCCOc1ccc(-c2ccc(-c3ccc(C)cc3)cc2)c(F)c1F. The van der Waals surface area contributed by atoms with E-state index in [9.17, 15) is 8.78 Å². The first-order chi connectivity index (χ1) is 12.6. The lowest BCUT2D eigenvalue weighted by atomic mass is 9.99. The first-order valence-electron chi connectivity index (χ1n) is 8.88. The van der Waals surface area contributed by atoms with Crippen LogP contribution in [-0.4, -0.2) is 6.61 Å². The van der Waals surface area contributed by atoms with Gasteiger partial charge in [0.1, 0.15) is 0 Å². The van der Waals surface area contributed by atoms with Crippen molar-refractivity contribution < 1.29 is 13.5 Å². The molecule has 0 aliphatic carbocycles. The molecule has 0 spiro atoms. The molecule has 0 bridgehead atoms. The second-order valence-electron chi connectivity index (χ2n) is 6.38. The maximum atomic E-state index is 14.5. The average molecular weight is 352 g/mol. The van der Waals surface area contributed by atoms with Crippen molar-refractivity contribution in [3.05, 3.63) is 77.9 Å². The van der Waals surface area contributed by atoms with Crippen LogP contribution in [0.3, 0.4) is 0 Å². The Morgan fingerprint density at radius 2 is 1.31 bits per heavy atom. The molecule has 3 aromatic rings. The van der Waals surface area contributed by atoms with Gasteiger partial charge < -0.3 is 4.74 Å². The maximum Gasteiger partial charge on any atom is 0.201 e. The fraction of sp³-hybridized carbons (Fsp3) is 0.217. The summed E-state index contributed by atoms with van der Waals surface area (Å²) in [5, 5.41) is 0. The fourth-order valence-corrected chi connectivity index (χ4v) is 2.78. The monoisotopic (exact) mass is 352 g/mol. The highest BCUT2D eigenvalue weighted by Crippen LogP contribution is 2.31. The second kappa shape index (κ2) is 8.13. The van der Waals surface area contributed by atoms with Gasteiger partial charge in [-0.2, -0.15) is 4.39 Å². The Hall–Kier alpha value is -2.68. The lowest BCUT2D eigenvalue weighted by molar-refractivity contribution is 0.289. The quantitative estimate of drug-likeness (QED) is 0.444. The minimum atomic E-state index is -0.929. The van der Waals surface area contributed by atoms with Crippen LogP contribution in [0.5, 0.6) is 5.75 Å². The molecular formula is C23H22F2O. The van der Waals surface area contributed by atoms with Crippen LogP contribution < -0.4 is 4.74 Å². The van der Waals surface area contributed by atoms with Gasteiger partial charge in [0.05, 0.1) is 6.61 Å². The molecule has 0 fully saturated rings. The Bertz CT molecular complexity index is 868. The fourth-order valence-electron chi connectivity index (χ4n) is 2.78. The van der Waals surface area contributed by atoms with Gasteiger partial charge in [0.15, 0.2) is 11.6 Å². The van der Waals surface area contributed by atoms with Crippen molar-refractivity contribution in [2.24, 2.45) is 0 Å². The van der Waals surface area contributed by atoms with E-state index in [1.807, 2.05) is 50.2 Å². The molecule has 0 heterocycles. The summed E-state index contributed by atoms with van der Waals surface area (Å²) in [5.74, 6) is -1.83. The lowest BCUT2D eigenvalue weighted by Crippen LogP contribution is -2.01. The third-order valence-electron chi connectivity index (χ3n) is 4.38. The molecule has 134 valence electrons. The Morgan fingerprint density at radius 3 is 1.92 bits per heavy atom. The topological polar surface area (TPSA) is 9.23 Å². The van der Waals surface area contributed by atoms with E-state index in [-0.39, 0.29) is 11.3 Å². The summed E-state index contributed by atoms with van der Waals surface area (Å²) in [6.45, 7) is 4.45. The van der Waals surface area contributed by atoms with E-state index in [2.05, 4.69) is 12.1 Å². The molecule has 0 atom stereocenters. The van der Waals surface area contributed by atoms with Crippen molar-refractivity contribution in [1.82, 2.24) is 0 Å². The first-order valence-corrected chi connectivity index (χ1v) is 8.88. The minimum Gasteiger partial charge on any atom is -0.490 e. The normalized spacial score (nSPS) is 10.8. The third kappa shape index (κ3) is 3.93. The number of hydrogen-bond acceptors (Lipinski definition) is 1. The predicted octanol–water partition coefficient (Wildman–Crippen LogP) is 6.79. The molecule has 0 radical (unpaired) electrons. The summed E-state index contributed by atoms with van der Waals surface area (Å²) in [6, 6.07) is 18.7. The minimum absolute atomic E-state index is 0.0315. The summed E-state index contributed by atoms with van der Waals surface area (Å²) in [7, 11) is 0. The zero-order valence-corrected chi connectivity index (χ0v) is 15.1. The summed E-state index contributed by atoms with van der Waals surface area (Å²) in [6.07, 6.45) is 1.75. The zero-order chi connectivity index (χ0) is 18.5. The Morgan fingerprint density at radius 1 is 0.731 bits per heavy atom. The van der Waals surface area contributed by atoms with E-state index in [1.54, 1.807) is 6.07 Å². The number of aryl methyl sites for hydroxylation is 1. The molecule has 3 heteroatoms. The van der Waals surface area contributed by atoms with Crippen LogP contribution in [-0.2, 0) is 0 Å². The smallest absolute Gasteiger partial charge is 0.201 e. The van der Waals surface area contributed by atoms with E-state index in [0.29, 0.717) is 12.2 Å². The molecule has 0 amide bonds. The highest BCUT2D eigenvalue weighted by atomic mass is 19.2. The van der Waals surface area contributed by atoms with Gasteiger partial charge in [-0.1, -0.05) is 67.4 Å². The van der Waals surface area contributed by atoms with E-state index in [0.717, 1.165) is 24.0 Å². The number of ether oxygens (including phenoxy) is 1. The van der Waals surface area contributed by atoms with E-state index >= 15 is 0 Å². The zero-order valence-electron chi connectivity index (χ0n) is 15.1. The Labute approximate surface area is 153 Å². The standard InChI is InChI=1S/C23H22F2O/c1-3-4-15-26-21-14-13-20(22(24)23(21)25)19-11-9-18(10-12-19)17-7-5-16(2)6-8-17/h5-14H,3-4,15H2,1-2H3. The van der Waals surface area contributed by atoms with Crippen molar-refractivity contribution in [2.75, 3.05) is 6.61 Å². The number of benzene rings is 3. The first kappa shape index (κ1) is 18.1. The van der Waals surface area contributed by atoms with E-state index in [1.165, 1.54) is 11.6 Å². The van der Waals surface area contributed by atoms with Crippen molar-refractivity contribution >= 4 is 0 Å². The molecule has 0 saturated carbocycles. The number of hydrogen-bond donors (Lipinski definition) is 0. The summed E-state index contributed by atoms with van der Waals surface area (Å²) in [4.78, 5) is 0. The van der Waals surface area contributed by atoms with Crippen LogP contribution in [0, 0.1) is 18.6 Å². The van der Waals surface area contributed by atoms with Gasteiger partial charge in [0.25, 0.3) is 0 Å². The van der Waals surface area contributed by atoms with Crippen LogP contribution in [0.4, 0.5) is 8.78 Å². The maximum absolute atomic E-state index is 14.5. The summed E-state index contributed by atoms with van der Waals surface area (Å²) < 4.78 is 34.0. The van der Waals surface area contributed by atoms with Crippen molar-refractivity contribution in [3.63, 3.8) is 0 Å². The van der Waals surface area contributed by atoms with Gasteiger partial charge in [-0.25, -0.2) is 4.39 Å². The van der Waals surface area contributed by atoms with Crippen molar-refractivity contribution in [2.45, 2.75) is 26.7 Å². The van der Waals surface area contributed by atoms with Crippen molar-refractivity contribution in [1.29, 1.82) is 0 Å². The average Bonchev–Trinajstić information content (AvgIpc) is 2.66. The number of halogens is 2. The number of rotatable bonds is 6. The molecule has 0 saturated heterocycles. The Kier molecular flexibility index (Phi) is 5.67. The highest BCUT2D eigenvalue weighted by Gasteiger charge is 2.15. The highest BCUT2D eigenvalue weighted by molar-refractivity contribution is 5.71. The molecule has 0 N–H and O–H groups in total. The molecule has 1 nitrogen and oxygen atoms in total. The van der Waals surface area contributed by atoms with E-state index < -0.39 is 11.6 Å². The van der Waals surface area contributed by atoms with Gasteiger partial charge >= 0.3 is 0 Å². The van der Waals surface area contributed by atoms with Gasteiger partial charge in [-0.05, 0) is 42.2 Å². The van der Waals surface area contributed by atoms with Crippen LogP contribution in [0.1, 0.15) is 25.3 Å². The van der Waals surface area contributed by atoms with Gasteiger partial charge in [-0.3, -0.25) is 0 Å². The molecule has 0 aliphatic heterocycles. The second-order valence-corrected chi connectivity index (χ2v) is 6.38. The molecule has 3 rings (SSSR count). The molecule has 0 aliphatic rings. The van der Waals surface area contributed by atoms with E-state index in [4.69, 9.17) is 4.74 Å². The van der Waals surface area contributed by atoms with Crippen LogP contribution in [0.15, 0.2) is 60.7 Å². The molecule has 0 unspecified atom stereocenters. The van der Waals surface area contributed by atoms with Gasteiger partial charge in [0.2, 0.25) is 5.82 Å². The van der Waals surface area contributed by atoms with Gasteiger partial charge in [0, 0.05) is 5.56 Å². The molecule has 3 aromatic carbocycles. The molecule has 26 heavy (non-hydrogen) atoms. The van der Waals surface area contributed by atoms with Crippen molar-refractivity contribution in [3.8, 4) is 28.0 Å². The molecular weight excluding hydrogens is 330 g/mol. The predicted molar refractivity (Wildman–Crippen MR) is 102 cm³/mol. The summed E-state index contributed by atoms with van der Waals surface area (Å²) in [5.41, 5.74) is 4.20. The van der Waals surface area contributed by atoms with Crippen LogP contribution in [0.2, 0.25) is 0 Å². The third-order valence-corrected chi connectivity index (χ3v) is 4.38. The largest absolute Gasteiger partial charge is 0.490 e. The van der Waals surface area contributed by atoms with Gasteiger partial charge in [-0.15, -0.1) is 0 Å². The van der Waals surface area contributed by atoms with Crippen LogP contribution >= 0.6 is 0 Å². The number of unbranched alkanes of at least 4 members (excludes halogenated alkanes) is 1. The van der Waals surface area contributed by atoms with Crippen LogP contribution in [0.25, 0.3) is 22.3 Å². The Balaban J connectivity index is 1.85. The molecule has 0 aromatic heterocycles. The summed E-state index contributed by atoms with van der Waals surface area (Å²) >= 11 is 0. The lowest BCUT2D eigenvalue weighted by Gasteiger charge is -2.11.